The average Bonchev–Trinajstić information content (AvgIpc) is 3.82. The van der Waals surface area contributed by atoms with Gasteiger partial charge < -0.3 is 34.6 Å². The van der Waals surface area contributed by atoms with E-state index in [2.05, 4.69) is 78.7 Å². The highest BCUT2D eigenvalue weighted by Gasteiger charge is 2.23. The van der Waals surface area contributed by atoms with Crippen molar-refractivity contribution in [3.8, 4) is 27.7 Å². The van der Waals surface area contributed by atoms with Gasteiger partial charge in [0.05, 0.1) is 26.9 Å². The van der Waals surface area contributed by atoms with Gasteiger partial charge in [0.1, 0.15) is 35.8 Å². The van der Waals surface area contributed by atoms with Crippen LogP contribution in [-0.4, -0.2) is 62.4 Å². The number of aliphatic hydroxyl groups excluding tert-OH is 2. The summed E-state index contributed by atoms with van der Waals surface area (Å²) in [4.78, 5) is 4.83. The van der Waals surface area contributed by atoms with E-state index < -0.39 is 0 Å². The van der Waals surface area contributed by atoms with E-state index >= 15 is 0 Å². The fraction of sp³-hybridized carbons (Fsp3) is 0.349. The number of aliphatic hydroxyl groups is 2. The van der Waals surface area contributed by atoms with Gasteiger partial charge in [-0.3, -0.25) is 0 Å². The molecule has 276 valence electrons. The molecular weight excluding hydrogens is 676 g/mol. The van der Waals surface area contributed by atoms with Gasteiger partial charge in [0.15, 0.2) is 0 Å². The predicted octanol–water partition coefficient (Wildman–Crippen LogP) is 8.10. The molecule has 1 aliphatic rings. The molecule has 1 aliphatic heterocycles. The Morgan fingerprint density at radius 2 is 1.56 bits per heavy atom. The van der Waals surface area contributed by atoms with Gasteiger partial charge in [0.25, 0.3) is 0 Å². The first-order chi connectivity index (χ1) is 25.3. The molecule has 0 fully saturated rings. The number of methoxy groups -OCH3 is 1. The third kappa shape index (κ3) is 11.5. The largest absolute Gasteiger partial charge is 0.497 e. The second kappa shape index (κ2) is 20.0. The molecule has 52 heavy (non-hydrogen) atoms. The van der Waals surface area contributed by atoms with E-state index in [9.17, 15) is 4.39 Å². The Kier molecular flexibility index (Phi) is 14.9. The Labute approximate surface area is 311 Å². The first-order valence-electron chi connectivity index (χ1n) is 18.0. The van der Waals surface area contributed by atoms with Crippen molar-refractivity contribution in [1.82, 2.24) is 5.32 Å². The van der Waals surface area contributed by atoms with Crippen LogP contribution in [0, 0.1) is 5.82 Å². The summed E-state index contributed by atoms with van der Waals surface area (Å²) in [5, 5.41) is 20.8. The first kappa shape index (κ1) is 38.8. The molecule has 3 N–H and O–H groups in total. The summed E-state index contributed by atoms with van der Waals surface area (Å²) in [5.74, 6) is 2.37. The molecule has 2 heterocycles. The lowest BCUT2D eigenvalue weighted by atomic mass is 10.0. The number of rotatable bonds is 17. The molecule has 0 saturated carbocycles. The smallest absolute Gasteiger partial charge is 0.126 e. The maximum atomic E-state index is 13.3. The van der Waals surface area contributed by atoms with Crippen LogP contribution in [0.3, 0.4) is 0 Å². The van der Waals surface area contributed by atoms with Crippen molar-refractivity contribution >= 4 is 17.0 Å². The van der Waals surface area contributed by atoms with Crippen LogP contribution in [0.5, 0.6) is 17.2 Å². The number of nitrogens with zero attached hydrogens (tertiary/aromatic N) is 1. The molecule has 0 bridgehead atoms. The molecule has 0 radical (unpaired) electrons. The topological polar surface area (TPSA) is 83.4 Å². The van der Waals surface area contributed by atoms with Gasteiger partial charge in [-0.15, -0.1) is 11.3 Å². The minimum absolute atomic E-state index is 0.0338. The van der Waals surface area contributed by atoms with Crippen LogP contribution in [0.2, 0.25) is 0 Å². The fourth-order valence-corrected chi connectivity index (χ4v) is 7.09. The SMILES string of the molecule is CC(C)N(Cc1ccc(-c2ccc(CCNCCO)cc2)s1)c1ccc(F)cc1.COc1ccc2c(c1)OC(CCc1ccc(OCCO)cc1)C2. The van der Waals surface area contributed by atoms with Gasteiger partial charge in [-0.05, 0) is 117 Å². The van der Waals surface area contributed by atoms with Crippen LogP contribution < -0.4 is 24.4 Å². The zero-order valence-corrected chi connectivity index (χ0v) is 31.2. The normalized spacial score (nSPS) is 13.2. The van der Waals surface area contributed by atoms with Gasteiger partial charge in [-0.2, -0.15) is 0 Å². The predicted molar refractivity (Wildman–Crippen MR) is 210 cm³/mol. The third-order valence-corrected chi connectivity index (χ3v) is 10.1. The molecule has 1 atom stereocenters. The summed E-state index contributed by atoms with van der Waals surface area (Å²) in [6.07, 6.45) is 4.08. The summed E-state index contributed by atoms with van der Waals surface area (Å²) >= 11 is 1.80. The van der Waals surface area contributed by atoms with Gasteiger partial charge >= 0.3 is 0 Å². The highest BCUT2D eigenvalue weighted by atomic mass is 32.1. The molecule has 1 aromatic heterocycles. The van der Waals surface area contributed by atoms with Crippen LogP contribution in [0.25, 0.3) is 10.4 Å². The van der Waals surface area contributed by atoms with E-state index in [4.69, 9.17) is 24.4 Å². The van der Waals surface area contributed by atoms with Gasteiger partial charge in [0, 0.05) is 40.5 Å². The van der Waals surface area contributed by atoms with Crippen LogP contribution in [-0.2, 0) is 25.8 Å². The number of hydrogen-bond acceptors (Lipinski definition) is 8. The number of ether oxygens (including phenoxy) is 3. The first-order valence-corrected chi connectivity index (χ1v) is 18.8. The van der Waals surface area contributed by atoms with Gasteiger partial charge in [-0.1, -0.05) is 42.5 Å². The molecule has 6 rings (SSSR count). The van der Waals surface area contributed by atoms with Gasteiger partial charge in [-0.25, -0.2) is 4.39 Å². The lowest BCUT2D eigenvalue weighted by molar-refractivity contribution is 0.201. The standard InChI is InChI=1S/C24H29FN2OS.C19H22O4/c1-18(2)27(22-9-7-21(25)8-10-22)17-23-11-12-24(29-23)20-5-3-19(4-6-20)13-14-26-15-16-28;1-21-17-9-5-15-12-18(23-19(15)13-17)8-4-14-2-6-16(7-3-14)22-11-10-20/h3-12,18,26,28H,13-17H2,1-2H3;2-3,5-7,9,13,18,20H,4,8,10-12H2,1H3. The minimum atomic E-state index is -0.205. The monoisotopic (exact) mass is 726 g/mol. The zero-order chi connectivity index (χ0) is 36.7. The number of halogens is 1. The molecule has 9 heteroatoms. The number of aryl methyl sites for hydroxylation is 1. The van der Waals surface area contributed by atoms with Crippen LogP contribution in [0.1, 0.15) is 41.8 Å². The minimum Gasteiger partial charge on any atom is -0.497 e. The van der Waals surface area contributed by atoms with E-state index in [-0.39, 0.29) is 25.1 Å². The van der Waals surface area contributed by atoms with Crippen molar-refractivity contribution in [3.05, 3.63) is 131 Å². The number of benzene rings is 4. The number of thiophene rings is 1. The Balaban J connectivity index is 0.000000206. The summed E-state index contributed by atoms with van der Waals surface area (Å²) < 4.78 is 29.9. The summed E-state index contributed by atoms with van der Waals surface area (Å²) in [5.41, 5.74) is 6.07. The van der Waals surface area contributed by atoms with Crippen molar-refractivity contribution in [3.63, 3.8) is 0 Å². The maximum absolute atomic E-state index is 13.3. The Morgan fingerprint density at radius 1 is 0.846 bits per heavy atom. The van der Waals surface area contributed by atoms with Crippen molar-refractivity contribution in [2.24, 2.45) is 0 Å². The summed E-state index contributed by atoms with van der Waals surface area (Å²) in [6, 6.07) is 34.2. The lowest BCUT2D eigenvalue weighted by Gasteiger charge is -2.28. The number of anilines is 1. The van der Waals surface area contributed by atoms with Crippen LogP contribution in [0.15, 0.2) is 103 Å². The van der Waals surface area contributed by atoms with E-state index in [1.807, 2.05) is 36.4 Å². The van der Waals surface area contributed by atoms with E-state index in [1.165, 1.54) is 44.1 Å². The number of nitrogens with one attached hydrogen (secondary N) is 1. The average molecular weight is 727 g/mol. The highest BCUT2D eigenvalue weighted by Crippen LogP contribution is 2.34. The molecule has 0 spiro atoms. The summed E-state index contributed by atoms with van der Waals surface area (Å²) in [7, 11) is 1.67. The highest BCUT2D eigenvalue weighted by molar-refractivity contribution is 7.15. The Morgan fingerprint density at radius 3 is 2.25 bits per heavy atom. The number of hydrogen-bond donors (Lipinski definition) is 3. The van der Waals surface area contributed by atoms with Crippen molar-refractivity contribution in [2.45, 2.75) is 58.2 Å². The molecule has 0 amide bonds. The molecule has 7 nitrogen and oxygen atoms in total. The molecule has 5 aromatic rings. The van der Waals surface area contributed by atoms with Crippen molar-refractivity contribution in [1.29, 1.82) is 0 Å². The number of fused-ring (bicyclic) bond motifs is 1. The van der Waals surface area contributed by atoms with E-state index in [1.54, 1.807) is 18.4 Å². The van der Waals surface area contributed by atoms with E-state index in [0.717, 1.165) is 61.7 Å². The second-order valence-corrected chi connectivity index (χ2v) is 14.2. The van der Waals surface area contributed by atoms with Crippen molar-refractivity contribution in [2.75, 3.05) is 44.9 Å². The quantitative estimate of drug-likeness (QED) is 0.0836. The molecule has 1 unspecified atom stereocenters. The summed E-state index contributed by atoms with van der Waals surface area (Å²) in [6.45, 7) is 7.18. The van der Waals surface area contributed by atoms with Gasteiger partial charge in [0.2, 0.25) is 0 Å². The Bertz CT molecular complexity index is 1780. The zero-order valence-electron chi connectivity index (χ0n) is 30.4. The molecule has 0 saturated heterocycles. The lowest BCUT2D eigenvalue weighted by Crippen LogP contribution is -2.29. The molecule has 4 aromatic carbocycles. The molecular formula is C43H51FN2O5S. The fourth-order valence-electron chi connectivity index (χ4n) is 6.07. The third-order valence-electron chi connectivity index (χ3n) is 8.94. The maximum Gasteiger partial charge on any atom is 0.126 e. The van der Waals surface area contributed by atoms with Crippen LogP contribution in [0.4, 0.5) is 10.1 Å². The second-order valence-electron chi connectivity index (χ2n) is 13.1. The van der Waals surface area contributed by atoms with E-state index in [0.29, 0.717) is 19.2 Å². The van der Waals surface area contributed by atoms with Crippen LogP contribution >= 0.6 is 11.3 Å². The van der Waals surface area contributed by atoms with Crippen molar-refractivity contribution < 1.29 is 28.8 Å². The molecule has 0 aliphatic carbocycles. The Hall–Kier alpha value is -4.41.